The monoisotopic (exact) mass is 278 g/mol. The molecule has 2 unspecified atom stereocenters. The SMILES string of the molecule is CCC1CCNC(C(=O)Nc2nc(C)cc(OC)n2)C1. The zero-order chi connectivity index (χ0) is 14.5. The first kappa shape index (κ1) is 14.7. The predicted octanol–water partition coefficient (Wildman–Crippen LogP) is 1.51. The molecule has 1 aromatic heterocycles. The molecule has 2 rings (SSSR count). The maximum absolute atomic E-state index is 12.2. The van der Waals surface area contributed by atoms with Crippen LogP contribution in [0.25, 0.3) is 0 Å². The second kappa shape index (κ2) is 6.65. The van der Waals surface area contributed by atoms with Gasteiger partial charge in [-0.15, -0.1) is 0 Å². The number of carbonyl (C=O) groups is 1. The molecule has 0 aromatic carbocycles. The normalized spacial score (nSPS) is 22.4. The number of piperidine rings is 1. The fourth-order valence-corrected chi connectivity index (χ4v) is 2.46. The van der Waals surface area contributed by atoms with Gasteiger partial charge in [0, 0.05) is 11.8 Å². The maximum atomic E-state index is 12.2. The number of ether oxygens (including phenoxy) is 1. The number of hydrogen-bond donors (Lipinski definition) is 2. The standard InChI is InChI=1S/C14H22N4O2/c1-4-10-5-6-15-11(8-10)13(19)18-14-16-9(2)7-12(17-14)20-3/h7,10-11,15H,4-6,8H2,1-3H3,(H,16,17,18,19). The lowest BCUT2D eigenvalue weighted by molar-refractivity contribution is -0.119. The number of amides is 1. The van der Waals surface area contributed by atoms with Crippen molar-refractivity contribution in [2.24, 2.45) is 5.92 Å². The molecular weight excluding hydrogens is 256 g/mol. The molecule has 1 saturated heterocycles. The van der Waals surface area contributed by atoms with Gasteiger partial charge in [0.25, 0.3) is 0 Å². The van der Waals surface area contributed by atoms with Crippen molar-refractivity contribution in [1.29, 1.82) is 0 Å². The fourth-order valence-electron chi connectivity index (χ4n) is 2.46. The Morgan fingerprint density at radius 1 is 1.55 bits per heavy atom. The van der Waals surface area contributed by atoms with Gasteiger partial charge in [0.05, 0.1) is 13.2 Å². The molecule has 1 aliphatic rings. The zero-order valence-corrected chi connectivity index (χ0v) is 12.3. The predicted molar refractivity (Wildman–Crippen MR) is 76.8 cm³/mol. The number of anilines is 1. The van der Waals surface area contributed by atoms with E-state index < -0.39 is 0 Å². The quantitative estimate of drug-likeness (QED) is 0.873. The number of aromatic nitrogens is 2. The molecule has 2 heterocycles. The Labute approximate surface area is 119 Å². The number of aryl methyl sites for hydroxylation is 1. The number of nitrogens with one attached hydrogen (secondary N) is 2. The summed E-state index contributed by atoms with van der Waals surface area (Å²) in [7, 11) is 1.54. The third-order valence-electron chi connectivity index (χ3n) is 3.68. The van der Waals surface area contributed by atoms with Gasteiger partial charge in [-0.05, 0) is 32.2 Å². The van der Waals surface area contributed by atoms with Crippen LogP contribution >= 0.6 is 0 Å². The van der Waals surface area contributed by atoms with Gasteiger partial charge >= 0.3 is 0 Å². The van der Waals surface area contributed by atoms with Crippen LogP contribution in [0.2, 0.25) is 0 Å². The third-order valence-corrected chi connectivity index (χ3v) is 3.68. The van der Waals surface area contributed by atoms with Crippen molar-refractivity contribution in [2.75, 3.05) is 19.0 Å². The van der Waals surface area contributed by atoms with Gasteiger partial charge in [0.1, 0.15) is 0 Å². The summed E-state index contributed by atoms with van der Waals surface area (Å²) in [5, 5.41) is 6.02. The Kier molecular flexibility index (Phi) is 4.89. The molecule has 2 N–H and O–H groups in total. The fraction of sp³-hybridized carbons (Fsp3) is 0.643. The van der Waals surface area contributed by atoms with E-state index in [1.807, 2.05) is 6.92 Å². The number of hydrogen-bond acceptors (Lipinski definition) is 5. The molecule has 1 aromatic rings. The summed E-state index contributed by atoms with van der Waals surface area (Å²) in [6.45, 7) is 4.89. The van der Waals surface area contributed by atoms with Crippen LogP contribution < -0.4 is 15.4 Å². The minimum Gasteiger partial charge on any atom is -0.481 e. The topological polar surface area (TPSA) is 76.1 Å². The molecule has 1 fully saturated rings. The highest BCUT2D eigenvalue weighted by atomic mass is 16.5. The van der Waals surface area contributed by atoms with Crippen LogP contribution in [-0.2, 0) is 4.79 Å². The van der Waals surface area contributed by atoms with Gasteiger partial charge in [-0.3, -0.25) is 10.1 Å². The van der Waals surface area contributed by atoms with Gasteiger partial charge < -0.3 is 10.1 Å². The van der Waals surface area contributed by atoms with Crippen LogP contribution in [0.15, 0.2) is 6.07 Å². The third kappa shape index (κ3) is 3.66. The second-order valence-corrected chi connectivity index (χ2v) is 5.17. The number of rotatable bonds is 4. The minimum atomic E-state index is -0.163. The van der Waals surface area contributed by atoms with Gasteiger partial charge in [0.2, 0.25) is 17.7 Å². The Morgan fingerprint density at radius 3 is 3.05 bits per heavy atom. The molecule has 1 aliphatic heterocycles. The summed E-state index contributed by atoms with van der Waals surface area (Å²) in [6.07, 6.45) is 3.11. The van der Waals surface area contributed by atoms with Crippen molar-refractivity contribution >= 4 is 11.9 Å². The molecule has 0 aliphatic carbocycles. The minimum absolute atomic E-state index is 0.0733. The van der Waals surface area contributed by atoms with Crippen molar-refractivity contribution in [2.45, 2.75) is 39.2 Å². The summed E-state index contributed by atoms with van der Waals surface area (Å²) in [4.78, 5) is 20.6. The zero-order valence-electron chi connectivity index (χ0n) is 12.3. The Hall–Kier alpha value is -1.69. The molecule has 110 valence electrons. The lowest BCUT2D eigenvalue weighted by atomic mass is 9.90. The summed E-state index contributed by atoms with van der Waals surface area (Å²) < 4.78 is 5.08. The van der Waals surface area contributed by atoms with E-state index in [9.17, 15) is 4.79 Å². The highest BCUT2D eigenvalue weighted by molar-refractivity contribution is 5.93. The highest BCUT2D eigenvalue weighted by Gasteiger charge is 2.26. The van der Waals surface area contributed by atoms with E-state index in [0.29, 0.717) is 17.7 Å². The summed E-state index contributed by atoms with van der Waals surface area (Å²) in [6, 6.07) is 1.56. The maximum Gasteiger partial charge on any atom is 0.243 e. The van der Waals surface area contributed by atoms with E-state index in [1.165, 1.54) is 0 Å². The number of carbonyl (C=O) groups excluding carboxylic acids is 1. The van der Waals surface area contributed by atoms with E-state index in [4.69, 9.17) is 4.74 Å². The van der Waals surface area contributed by atoms with Gasteiger partial charge in [-0.1, -0.05) is 13.3 Å². The largest absolute Gasteiger partial charge is 0.481 e. The van der Waals surface area contributed by atoms with Crippen LogP contribution in [0.5, 0.6) is 5.88 Å². The lowest BCUT2D eigenvalue weighted by Crippen LogP contribution is -2.46. The molecule has 20 heavy (non-hydrogen) atoms. The van der Waals surface area contributed by atoms with Crippen molar-refractivity contribution in [1.82, 2.24) is 15.3 Å². The summed E-state index contributed by atoms with van der Waals surface area (Å²) in [5.41, 5.74) is 0.759. The van der Waals surface area contributed by atoms with E-state index in [0.717, 1.165) is 31.5 Å². The summed E-state index contributed by atoms with van der Waals surface area (Å²) >= 11 is 0. The molecule has 2 atom stereocenters. The van der Waals surface area contributed by atoms with E-state index in [1.54, 1.807) is 13.2 Å². The Morgan fingerprint density at radius 2 is 2.35 bits per heavy atom. The van der Waals surface area contributed by atoms with Crippen molar-refractivity contribution in [3.8, 4) is 5.88 Å². The van der Waals surface area contributed by atoms with Gasteiger partial charge in [0.15, 0.2) is 0 Å². The van der Waals surface area contributed by atoms with E-state index in [2.05, 4.69) is 27.5 Å². The van der Waals surface area contributed by atoms with Crippen molar-refractivity contribution in [3.63, 3.8) is 0 Å². The molecular formula is C14H22N4O2. The number of methoxy groups -OCH3 is 1. The van der Waals surface area contributed by atoms with E-state index >= 15 is 0 Å². The Balaban J connectivity index is 2.02. The van der Waals surface area contributed by atoms with Crippen LogP contribution in [0.3, 0.4) is 0 Å². The average Bonchev–Trinajstić information content (AvgIpc) is 2.46. The van der Waals surface area contributed by atoms with Crippen LogP contribution in [-0.4, -0.2) is 35.6 Å². The van der Waals surface area contributed by atoms with Crippen molar-refractivity contribution in [3.05, 3.63) is 11.8 Å². The van der Waals surface area contributed by atoms with Crippen LogP contribution in [0, 0.1) is 12.8 Å². The smallest absolute Gasteiger partial charge is 0.243 e. The van der Waals surface area contributed by atoms with Gasteiger partial charge in [-0.2, -0.15) is 4.98 Å². The first-order valence-corrected chi connectivity index (χ1v) is 7.06. The van der Waals surface area contributed by atoms with E-state index in [-0.39, 0.29) is 11.9 Å². The first-order valence-electron chi connectivity index (χ1n) is 7.06. The molecule has 6 heteroatoms. The van der Waals surface area contributed by atoms with Crippen LogP contribution in [0.1, 0.15) is 31.9 Å². The van der Waals surface area contributed by atoms with Gasteiger partial charge in [-0.25, -0.2) is 4.98 Å². The summed E-state index contributed by atoms with van der Waals surface area (Å²) in [5.74, 6) is 1.29. The average molecular weight is 278 g/mol. The first-order chi connectivity index (χ1) is 9.62. The number of nitrogens with zero attached hydrogens (tertiary/aromatic N) is 2. The molecule has 0 radical (unpaired) electrons. The lowest BCUT2D eigenvalue weighted by Gasteiger charge is -2.28. The second-order valence-electron chi connectivity index (χ2n) is 5.17. The molecule has 0 bridgehead atoms. The molecule has 6 nitrogen and oxygen atoms in total. The highest BCUT2D eigenvalue weighted by Crippen LogP contribution is 2.20. The molecule has 1 amide bonds. The van der Waals surface area contributed by atoms with Crippen molar-refractivity contribution < 1.29 is 9.53 Å². The molecule has 0 saturated carbocycles. The molecule has 0 spiro atoms. The Bertz CT molecular complexity index is 478. The van der Waals surface area contributed by atoms with Crippen LogP contribution in [0.4, 0.5) is 5.95 Å².